The molecule has 0 radical (unpaired) electrons. The molecule has 18 heavy (non-hydrogen) atoms. The van der Waals surface area contributed by atoms with Crippen molar-refractivity contribution in [2.75, 3.05) is 0 Å². The van der Waals surface area contributed by atoms with Crippen LogP contribution in [0.25, 0.3) is 0 Å². The summed E-state index contributed by atoms with van der Waals surface area (Å²) >= 11 is 12.5. The van der Waals surface area contributed by atoms with Gasteiger partial charge in [-0.3, -0.25) is 0 Å². The zero-order chi connectivity index (χ0) is 13.1. The van der Waals surface area contributed by atoms with E-state index in [9.17, 15) is 4.39 Å². The molecule has 0 atom stereocenters. The molecular weight excluding hydrogens is 386 g/mol. The van der Waals surface area contributed by atoms with Gasteiger partial charge in [0, 0.05) is 14.5 Å². The molecule has 0 aliphatic heterocycles. The van der Waals surface area contributed by atoms with Crippen molar-refractivity contribution in [2.24, 2.45) is 0 Å². The first-order valence-electron chi connectivity index (χ1n) is 5.08. The Bertz CT molecular complexity index is 523. The highest BCUT2D eigenvalue weighted by Crippen LogP contribution is 2.28. The molecule has 94 valence electrons. The van der Waals surface area contributed by atoms with E-state index in [0.717, 1.165) is 4.47 Å². The minimum absolute atomic E-state index is 0.139. The van der Waals surface area contributed by atoms with Gasteiger partial charge >= 0.3 is 0 Å². The highest BCUT2D eigenvalue weighted by molar-refractivity contribution is 9.10. The van der Waals surface area contributed by atoms with Crippen molar-refractivity contribution in [3.63, 3.8) is 0 Å². The van der Waals surface area contributed by atoms with Crippen molar-refractivity contribution in [2.45, 2.75) is 6.61 Å². The monoisotopic (exact) mass is 392 g/mol. The van der Waals surface area contributed by atoms with Gasteiger partial charge in [0.05, 0.1) is 5.02 Å². The van der Waals surface area contributed by atoms with Crippen molar-refractivity contribution in [3.8, 4) is 5.75 Å². The number of ether oxygens (including phenoxy) is 1. The summed E-state index contributed by atoms with van der Waals surface area (Å²) in [4.78, 5) is 0. The predicted molar refractivity (Wildman–Crippen MR) is 77.6 cm³/mol. The SMILES string of the molecule is Fc1cc(Br)ccc1COc1ccc(Br)cc1Cl. The van der Waals surface area contributed by atoms with Crippen LogP contribution in [-0.2, 0) is 6.61 Å². The topological polar surface area (TPSA) is 9.23 Å². The molecule has 0 aliphatic carbocycles. The molecule has 5 heteroatoms. The summed E-state index contributed by atoms with van der Waals surface area (Å²) in [6, 6.07) is 10.1. The lowest BCUT2D eigenvalue weighted by Gasteiger charge is -2.09. The second-order valence-corrected chi connectivity index (χ2v) is 5.84. The molecule has 0 aromatic heterocycles. The molecular formula is C13H8Br2ClFO. The molecule has 0 saturated carbocycles. The summed E-state index contributed by atoms with van der Waals surface area (Å²) in [6.45, 7) is 0.139. The summed E-state index contributed by atoms with van der Waals surface area (Å²) < 4.78 is 20.6. The second kappa shape index (κ2) is 6.04. The maximum absolute atomic E-state index is 13.6. The molecule has 1 nitrogen and oxygen atoms in total. The van der Waals surface area contributed by atoms with Gasteiger partial charge in [0.1, 0.15) is 18.2 Å². The quantitative estimate of drug-likeness (QED) is 0.660. The van der Waals surface area contributed by atoms with Crippen molar-refractivity contribution >= 4 is 43.5 Å². The standard InChI is InChI=1S/C13H8Br2ClFO/c14-9-3-4-13(11(16)5-9)18-7-8-1-2-10(15)6-12(8)17/h1-6H,7H2. The van der Waals surface area contributed by atoms with Gasteiger partial charge in [-0.25, -0.2) is 4.39 Å². The van der Waals surface area contributed by atoms with Gasteiger partial charge in [-0.05, 0) is 30.3 Å². The summed E-state index contributed by atoms with van der Waals surface area (Å²) in [5.41, 5.74) is 0.484. The summed E-state index contributed by atoms with van der Waals surface area (Å²) in [5.74, 6) is 0.222. The zero-order valence-electron chi connectivity index (χ0n) is 9.09. The Morgan fingerprint density at radius 2 is 1.72 bits per heavy atom. The molecule has 0 fully saturated rings. The van der Waals surface area contributed by atoms with Crippen LogP contribution in [-0.4, -0.2) is 0 Å². The lowest BCUT2D eigenvalue weighted by molar-refractivity contribution is 0.300. The van der Waals surface area contributed by atoms with E-state index >= 15 is 0 Å². The summed E-state index contributed by atoms with van der Waals surface area (Å²) in [6.07, 6.45) is 0. The maximum Gasteiger partial charge on any atom is 0.138 e. The minimum atomic E-state index is -0.308. The first-order chi connectivity index (χ1) is 8.56. The average Bonchev–Trinajstić information content (AvgIpc) is 2.30. The molecule has 0 amide bonds. The van der Waals surface area contributed by atoms with E-state index in [2.05, 4.69) is 31.9 Å². The highest BCUT2D eigenvalue weighted by Gasteiger charge is 2.06. The number of rotatable bonds is 3. The first-order valence-corrected chi connectivity index (χ1v) is 7.04. The lowest BCUT2D eigenvalue weighted by Crippen LogP contribution is -1.98. The van der Waals surface area contributed by atoms with Crippen LogP contribution >= 0.6 is 43.5 Å². The maximum atomic E-state index is 13.6. The van der Waals surface area contributed by atoms with Gasteiger partial charge in [0.2, 0.25) is 0 Å². The van der Waals surface area contributed by atoms with E-state index < -0.39 is 0 Å². The Labute approximate surface area is 126 Å². The van der Waals surface area contributed by atoms with E-state index in [4.69, 9.17) is 16.3 Å². The van der Waals surface area contributed by atoms with Gasteiger partial charge in [-0.15, -0.1) is 0 Å². The molecule has 2 rings (SSSR count). The number of benzene rings is 2. The fourth-order valence-corrected chi connectivity index (χ4v) is 2.45. The Kier molecular flexibility index (Phi) is 4.65. The van der Waals surface area contributed by atoms with Gasteiger partial charge in [0.15, 0.2) is 0 Å². The molecule has 0 heterocycles. The lowest BCUT2D eigenvalue weighted by atomic mass is 10.2. The third-order valence-corrected chi connectivity index (χ3v) is 3.57. The third-order valence-electron chi connectivity index (χ3n) is 2.29. The highest BCUT2D eigenvalue weighted by atomic mass is 79.9. The van der Waals surface area contributed by atoms with Gasteiger partial charge in [-0.1, -0.05) is 49.5 Å². The van der Waals surface area contributed by atoms with Crippen LogP contribution in [0.15, 0.2) is 45.3 Å². The Balaban J connectivity index is 2.11. The largest absolute Gasteiger partial charge is 0.487 e. The Morgan fingerprint density at radius 3 is 2.39 bits per heavy atom. The molecule has 0 aliphatic rings. The van der Waals surface area contributed by atoms with Crippen molar-refractivity contribution in [1.29, 1.82) is 0 Å². The number of halogens is 4. The Morgan fingerprint density at radius 1 is 1.06 bits per heavy atom. The second-order valence-electron chi connectivity index (χ2n) is 3.60. The van der Waals surface area contributed by atoms with Crippen LogP contribution in [0, 0.1) is 5.82 Å². The zero-order valence-corrected chi connectivity index (χ0v) is 13.0. The molecule has 2 aromatic carbocycles. The molecule has 0 spiro atoms. The van der Waals surface area contributed by atoms with Gasteiger partial charge < -0.3 is 4.74 Å². The van der Waals surface area contributed by atoms with E-state index in [0.29, 0.717) is 20.8 Å². The molecule has 0 saturated heterocycles. The fraction of sp³-hybridized carbons (Fsp3) is 0.0769. The Hall–Kier alpha value is -0.580. The van der Waals surface area contributed by atoms with Crippen LogP contribution in [0.5, 0.6) is 5.75 Å². The van der Waals surface area contributed by atoms with Crippen molar-refractivity contribution in [3.05, 3.63) is 61.7 Å². The van der Waals surface area contributed by atoms with E-state index in [1.807, 2.05) is 6.07 Å². The molecule has 0 unspecified atom stereocenters. The molecule has 0 N–H and O–H groups in total. The normalized spacial score (nSPS) is 10.4. The van der Waals surface area contributed by atoms with Crippen molar-refractivity contribution in [1.82, 2.24) is 0 Å². The first kappa shape index (κ1) is 13.8. The van der Waals surface area contributed by atoms with E-state index in [1.54, 1.807) is 24.3 Å². The third kappa shape index (κ3) is 3.46. The molecule has 0 bridgehead atoms. The van der Waals surface area contributed by atoms with Crippen LogP contribution in [0.1, 0.15) is 5.56 Å². The number of hydrogen-bond donors (Lipinski definition) is 0. The number of hydrogen-bond acceptors (Lipinski definition) is 1. The van der Waals surface area contributed by atoms with Crippen LogP contribution in [0.3, 0.4) is 0 Å². The van der Waals surface area contributed by atoms with E-state index in [1.165, 1.54) is 6.07 Å². The average molecular weight is 394 g/mol. The van der Waals surface area contributed by atoms with Gasteiger partial charge in [0.25, 0.3) is 0 Å². The van der Waals surface area contributed by atoms with Gasteiger partial charge in [-0.2, -0.15) is 0 Å². The van der Waals surface area contributed by atoms with Crippen LogP contribution < -0.4 is 4.74 Å². The fourth-order valence-electron chi connectivity index (χ4n) is 1.39. The summed E-state index contributed by atoms with van der Waals surface area (Å²) in [7, 11) is 0. The predicted octanol–water partition coefficient (Wildman–Crippen LogP) is 5.58. The molecule has 2 aromatic rings. The van der Waals surface area contributed by atoms with Crippen LogP contribution in [0.4, 0.5) is 4.39 Å². The van der Waals surface area contributed by atoms with Crippen LogP contribution in [0.2, 0.25) is 5.02 Å². The smallest absolute Gasteiger partial charge is 0.138 e. The van der Waals surface area contributed by atoms with Crippen molar-refractivity contribution < 1.29 is 9.13 Å². The minimum Gasteiger partial charge on any atom is -0.487 e. The summed E-state index contributed by atoms with van der Waals surface area (Å²) in [5, 5.41) is 0.488. The van der Waals surface area contributed by atoms with E-state index in [-0.39, 0.29) is 12.4 Å².